The Labute approximate surface area is 190 Å². The smallest absolute Gasteiger partial charge is 0.312 e. The van der Waals surface area contributed by atoms with E-state index in [4.69, 9.17) is 23.7 Å². The van der Waals surface area contributed by atoms with Crippen molar-refractivity contribution < 1.29 is 38.1 Å². The standard InChI is InChI=1S/C23H24N2O8/c1-13(22(27)24-15-4-7-18-20(9-15)32-12-31-18)33-23(28)14-8-21(26)25(11-14)17-6-5-16(29-2)10-19(17)30-3/h4-7,9-10,13-14H,8,11-12H2,1-3H3,(H,24,27)/t13-,14-/m1/s1. The number of rotatable bonds is 7. The first-order chi connectivity index (χ1) is 15.9. The molecule has 10 heteroatoms. The van der Waals surface area contributed by atoms with E-state index in [1.807, 2.05) is 0 Å². The number of hydrogen-bond acceptors (Lipinski definition) is 8. The Morgan fingerprint density at radius 1 is 1.09 bits per heavy atom. The van der Waals surface area contributed by atoms with Crippen molar-refractivity contribution in [3.63, 3.8) is 0 Å². The summed E-state index contributed by atoms with van der Waals surface area (Å²) in [7, 11) is 3.02. The highest BCUT2D eigenvalue weighted by atomic mass is 16.7. The second kappa shape index (κ2) is 9.27. The van der Waals surface area contributed by atoms with Crippen LogP contribution >= 0.6 is 0 Å². The maximum absolute atomic E-state index is 12.7. The predicted molar refractivity (Wildman–Crippen MR) is 117 cm³/mol. The van der Waals surface area contributed by atoms with Gasteiger partial charge in [0.1, 0.15) is 11.5 Å². The molecule has 2 aromatic rings. The van der Waals surface area contributed by atoms with Gasteiger partial charge in [0, 0.05) is 30.8 Å². The van der Waals surface area contributed by atoms with E-state index in [9.17, 15) is 14.4 Å². The molecule has 1 fully saturated rings. The molecule has 4 rings (SSSR count). The Morgan fingerprint density at radius 2 is 1.88 bits per heavy atom. The van der Waals surface area contributed by atoms with Crippen molar-refractivity contribution in [3.05, 3.63) is 36.4 Å². The maximum Gasteiger partial charge on any atom is 0.312 e. The van der Waals surface area contributed by atoms with Crippen LogP contribution in [-0.4, -0.2) is 51.4 Å². The second-order valence-corrected chi connectivity index (χ2v) is 7.58. The van der Waals surface area contributed by atoms with Gasteiger partial charge in [-0.1, -0.05) is 0 Å². The first kappa shape index (κ1) is 22.3. The lowest BCUT2D eigenvalue weighted by atomic mass is 10.1. The molecule has 0 aliphatic carbocycles. The number of fused-ring (bicyclic) bond motifs is 1. The third kappa shape index (κ3) is 4.64. The Bertz CT molecular complexity index is 1090. The zero-order chi connectivity index (χ0) is 23.5. The molecule has 2 heterocycles. The zero-order valence-corrected chi connectivity index (χ0v) is 18.5. The average Bonchev–Trinajstić information content (AvgIpc) is 3.44. The summed E-state index contributed by atoms with van der Waals surface area (Å²) in [4.78, 5) is 39.2. The van der Waals surface area contributed by atoms with Crippen molar-refractivity contribution in [1.82, 2.24) is 0 Å². The molecule has 0 unspecified atom stereocenters. The van der Waals surface area contributed by atoms with Crippen molar-refractivity contribution in [1.29, 1.82) is 0 Å². The lowest BCUT2D eigenvalue weighted by Crippen LogP contribution is -2.33. The van der Waals surface area contributed by atoms with Crippen molar-refractivity contribution in [3.8, 4) is 23.0 Å². The van der Waals surface area contributed by atoms with Gasteiger partial charge in [0.15, 0.2) is 17.6 Å². The molecule has 0 saturated carbocycles. The number of carbonyl (C=O) groups excluding carboxylic acids is 3. The molecule has 2 aromatic carbocycles. The molecule has 2 amide bonds. The normalized spacial score (nSPS) is 17.5. The van der Waals surface area contributed by atoms with Gasteiger partial charge in [-0.2, -0.15) is 0 Å². The SMILES string of the molecule is COc1ccc(N2C[C@H](C(=O)O[C@H](C)C(=O)Nc3ccc4c(c3)OCO4)CC2=O)c(OC)c1. The van der Waals surface area contributed by atoms with Crippen molar-refractivity contribution in [2.45, 2.75) is 19.4 Å². The number of carbonyl (C=O) groups is 3. The molecular formula is C23H24N2O8. The molecule has 0 aromatic heterocycles. The van der Waals surface area contributed by atoms with Crippen molar-refractivity contribution in [2.24, 2.45) is 5.92 Å². The number of anilines is 2. The molecule has 2 aliphatic rings. The summed E-state index contributed by atoms with van der Waals surface area (Å²) >= 11 is 0. The largest absolute Gasteiger partial charge is 0.497 e. The lowest BCUT2D eigenvalue weighted by molar-refractivity contribution is -0.157. The third-order valence-electron chi connectivity index (χ3n) is 5.44. The average molecular weight is 456 g/mol. The molecular weight excluding hydrogens is 432 g/mol. The van der Waals surface area contributed by atoms with E-state index >= 15 is 0 Å². The molecule has 0 spiro atoms. The summed E-state index contributed by atoms with van der Waals surface area (Å²) in [5.41, 5.74) is 1.02. The quantitative estimate of drug-likeness (QED) is 0.632. The molecule has 2 aliphatic heterocycles. The monoisotopic (exact) mass is 456 g/mol. The van der Waals surface area contributed by atoms with Crippen LogP contribution in [0.2, 0.25) is 0 Å². The van der Waals surface area contributed by atoms with Gasteiger partial charge in [0.05, 0.1) is 25.8 Å². The van der Waals surface area contributed by atoms with Crippen molar-refractivity contribution in [2.75, 3.05) is 37.8 Å². The van der Waals surface area contributed by atoms with Gasteiger partial charge >= 0.3 is 5.97 Å². The second-order valence-electron chi connectivity index (χ2n) is 7.58. The van der Waals surface area contributed by atoms with E-state index in [1.54, 1.807) is 36.4 Å². The van der Waals surface area contributed by atoms with Crippen LogP contribution in [0.1, 0.15) is 13.3 Å². The van der Waals surface area contributed by atoms with E-state index in [0.29, 0.717) is 34.4 Å². The van der Waals surface area contributed by atoms with Gasteiger partial charge in [-0.3, -0.25) is 14.4 Å². The van der Waals surface area contributed by atoms with Crippen LogP contribution in [0.3, 0.4) is 0 Å². The molecule has 33 heavy (non-hydrogen) atoms. The summed E-state index contributed by atoms with van der Waals surface area (Å²) in [5.74, 6) is 0.0935. The first-order valence-corrected chi connectivity index (χ1v) is 10.3. The first-order valence-electron chi connectivity index (χ1n) is 10.3. The van der Waals surface area contributed by atoms with Crippen LogP contribution in [0.15, 0.2) is 36.4 Å². The molecule has 0 bridgehead atoms. The summed E-state index contributed by atoms with van der Waals surface area (Å²) in [6.07, 6.45) is -1.08. The van der Waals surface area contributed by atoms with Gasteiger partial charge in [0.25, 0.3) is 5.91 Å². The number of amides is 2. The summed E-state index contributed by atoms with van der Waals surface area (Å²) in [5, 5.41) is 2.68. The highest BCUT2D eigenvalue weighted by Gasteiger charge is 2.38. The van der Waals surface area contributed by atoms with Gasteiger partial charge in [-0.05, 0) is 31.2 Å². The number of nitrogens with zero attached hydrogens (tertiary/aromatic N) is 1. The Morgan fingerprint density at radius 3 is 2.64 bits per heavy atom. The zero-order valence-electron chi connectivity index (χ0n) is 18.5. The fourth-order valence-corrected chi connectivity index (χ4v) is 3.65. The minimum absolute atomic E-state index is 0.0233. The molecule has 1 saturated heterocycles. The molecule has 1 N–H and O–H groups in total. The highest BCUT2D eigenvalue weighted by Crippen LogP contribution is 2.36. The fraction of sp³-hybridized carbons (Fsp3) is 0.348. The number of esters is 1. The van der Waals surface area contributed by atoms with Crippen LogP contribution < -0.4 is 29.2 Å². The molecule has 0 radical (unpaired) electrons. The van der Waals surface area contributed by atoms with Crippen LogP contribution in [0, 0.1) is 5.92 Å². The lowest BCUT2D eigenvalue weighted by Gasteiger charge is -2.20. The molecule has 10 nitrogen and oxygen atoms in total. The van der Waals surface area contributed by atoms with Gasteiger partial charge in [-0.15, -0.1) is 0 Å². The van der Waals surface area contributed by atoms with Crippen LogP contribution in [0.5, 0.6) is 23.0 Å². The topological polar surface area (TPSA) is 113 Å². The van der Waals surface area contributed by atoms with Crippen molar-refractivity contribution >= 4 is 29.2 Å². The minimum Gasteiger partial charge on any atom is -0.497 e. The van der Waals surface area contributed by atoms with E-state index in [0.717, 1.165) is 0 Å². The predicted octanol–water partition coefficient (Wildman–Crippen LogP) is 2.36. The van der Waals surface area contributed by atoms with E-state index in [1.165, 1.54) is 26.0 Å². The Hall–Kier alpha value is -3.95. The Balaban J connectivity index is 1.36. The van der Waals surface area contributed by atoms with E-state index in [-0.39, 0.29) is 25.7 Å². The van der Waals surface area contributed by atoms with Gasteiger partial charge in [0.2, 0.25) is 12.7 Å². The summed E-state index contributed by atoms with van der Waals surface area (Å²) in [6.45, 7) is 1.72. The van der Waals surface area contributed by atoms with E-state index < -0.39 is 23.9 Å². The minimum atomic E-state index is -1.05. The number of nitrogens with one attached hydrogen (secondary N) is 1. The van der Waals surface area contributed by atoms with E-state index in [2.05, 4.69) is 5.32 Å². The number of benzene rings is 2. The molecule has 174 valence electrons. The van der Waals surface area contributed by atoms with Crippen LogP contribution in [-0.2, 0) is 19.1 Å². The number of ether oxygens (including phenoxy) is 5. The summed E-state index contributed by atoms with van der Waals surface area (Å²) < 4.78 is 26.4. The van der Waals surface area contributed by atoms with Gasteiger partial charge < -0.3 is 33.9 Å². The maximum atomic E-state index is 12.7. The number of hydrogen-bond donors (Lipinski definition) is 1. The highest BCUT2D eigenvalue weighted by molar-refractivity contribution is 6.01. The Kier molecular flexibility index (Phi) is 6.25. The van der Waals surface area contributed by atoms with Crippen LogP contribution in [0.4, 0.5) is 11.4 Å². The number of methoxy groups -OCH3 is 2. The van der Waals surface area contributed by atoms with Crippen LogP contribution in [0.25, 0.3) is 0 Å². The molecule has 2 atom stereocenters. The third-order valence-corrected chi connectivity index (χ3v) is 5.44. The fourth-order valence-electron chi connectivity index (χ4n) is 3.65. The summed E-state index contributed by atoms with van der Waals surface area (Å²) in [6, 6.07) is 10.0. The van der Waals surface area contributed by atoms with Gasteiger partial charge in [-0.25, -0.2) is 0 Å².